The molecule has 0 spiro atoms. The predicted octanol–water partition coefficient (Wildman–Crippen LogP) is -0.00790. The summed E-state index contributed by atoms with van der Waals surface area (Å²) in [4.78, 5) is 27.0. The molecule has 6 nitrogen and oxygen atoms in total. The Hall–Kier alpha value is -0.950. The molecule has 2 heterocycles. The fraction of sp³-hybridized carbons (Fsp3) is 0.833. The zero-order valence-electron chi connectivity index (χ0n) is 11.3. The summed E-state index contributed by atoms with van der Waals surface area (Å²) < 4.78 is 4.68. The van der Waals surface area contributed by atoms with Gasteiger partial charge in [0.15, 0.2) is 0 Å². The second kappa shape index (κ2) is 7.00. The number of amides is 2. The molecule has 2 aliphatic heterocycles. The van der Waals surface area contributed by atoms with Crippen molar-refractivity contribution in [3.8, 4) is 0 Å². The van der Waals surface area contributed by atoms with Crippen molar-refractivity contribution in [1.29, 1.82) is 0 Å². The molecular weight excluding hydrogens is 266 g/mol. The van der Waals surface area contributed by atoms with Crippen LogP contribution in [0.25, 0.3) is 0 Å². The number of carbonyl (C=O) groups is 2. The SMILES string of the molecule is COC(=O)N1CCN(C(=O)CC2CSCCN2)CC1. The van der Waals surface area contributed by atoms with Gasteiger partial charge in [0.05, 0.1) is 7.11 Å². The summed E-state index contributed by atoms with van der Waals surface area (Å²) in [5.74, 6) is 2.32. The minimum atomic E-state index is -0.308. The van der Waals surface area contributed by atoms with Crippen LogP contribution in [0.4, 0.5) is 4.79 Å². The number of hydrogen-bond donors (Lipinski definition) is 1. The first-order valence-electron chi connectivity index (χ1n) is 6.62. The van der Waals surface area contributed by atoms with Crippen LogP contribution in [0, 0.1) is 0 Å². The van der Waals surface area contributed by atoms with E-state index in [0.29, 0.717) is 38.6 Å². The lowest BCUT2D eigenvalue weighted by atomic mass is 10.2. The second-order valence-corrected chi connectivity index (χ2v) is 5.92. The van der Waals surface area contributed by atoms with E-state index in [1.165, 1.54) is 7.11 Å². The Bertz CT molecular complexity index is 326. The molecule has 0 saturated carbocycles. The molecule has 108 valence electrons. The highest BCUT2D eigenvalue weighted by Gasteiger charge is 2.26. The van der Waals surface area contributed by atoms with Crippen LogP contribution in [0.15, 0.2) is 0 Å². The molecule has 2 rings (SSSR count). The summed E-state index contributed by atoms with van der Waals surface area (Å²) in [6, 6.07) is 0.296. The molecule has 1 N–H and O–H groups in total. The predicted molar refractivity (Wildman–Crippen MR) is 74.3 cm³/mol. The monoisotopic (exact) mass is 287 g/mol. The molecule has 0 bridgehead atoms. The van der Waals surface area contributed by atoms with Crippen LogP contribution in [0.2, 0.25) is 0 Å². The van der Waals surface area contributed by atoms with Gasteiger partial charge in [-0.2, -0.15) is 11.8 Å². The number of rotatable bonds is 2. The highest BCUT2D eigenvalue weighted by Crippen LogP contribution is 2.12. The summed E-state index contributed by atoms with van der Waals surface area (Å²) in [6.45, 7) is 3.32. The smallest absolute Gasteiger partial charge is 0.409 e. The lowest BCUT2D eigenvalue weighted by Gasteiger charge is -2.35. The third-order valence-electron chi connectivity index (χ3n) is 3.48. The Labute approximate surface area is 117 Å². The summed E-state index contributed by atoms with van der Waals surface area (Å²) in [5.41, 5.74) is 0. The van der Waals surface area contributed by atoms with Crippen LogP contribution in [-0.2, 0) is 9.53 Å². The van der Waals surface area contributed by atoms with E-state index in [-0.39, 0.29) is 12.0 Å². The van der Waals surface area contributed by atoms with Crippen LogP contribution in [-0.4, -0.2) is 79.2 Å². The Kier molecular flexibility index (Phi) is 5.33. The molecule has 2 aliphatic rings. The number of hydrogen-bond acceptors (Lipinski definition) is 5. The third-order valence-corrected chi connectivity index (χ3v) is 4.62. The van der Waals surface area contributed by atoms with E-state index >= 15 is 0 Å². The molecule has 7 heteroatoms. The molecule has 2 fully saturated rings. The molecule has 0 aliphatic carbocycles. The van der Waals surface area contributed by atoms with Gasteiger partial charge in [-0.15, -0.1) is 0 Å². The summed E-state index contributed by atoms with van der Waals surface area (Å²) >= 11 is 1.90. The molecular formula is C12H21N3O3S. The van der Waals surface area contributed by atoms with Crippen molar-refractivity contribution in [2.24, 2.45) is 0 Å². The van der Waals surface area contributed by atoms with Crippen molar-refractivity contribution in [2.75, 3.05) is 51.3 Å². The number of carbonyl (C=O) groups excluding carboxylic acids is 2. The first kappa shape index (κ1) is 14.5. The van der Waals surface area contributed by atoms with Gasteiger partial charge in [-0.05, 0) is 0 Å². The summed E-state index contributed by atoms with van der Waals surface area (Å²) in [5, 5.41) is 3.37. The van der Waals surface area contributed by atoms with Crippen LogP contribution < -0.4 is 5.32 Å². The standard InChI is InChI=1S/C12H21N3O3S/c1-18-12(17)15-5-3-14(4-6-15)11(16)8-10-9-19-7-2-13-10/h10,13H,2-9H2,1H3. The number of nitrogens with one attached hydrogen (secondary N) is 1. The van der Waals surface area contributed by atoms with Crippen LogP contribution in [0.3, 0.4) is 0 Å². The van der Waals surface area contributed by atoms with E-state index < -0.39 is 0 Å². The quantitative estimate of drug-likeness (QED) is 0.774. The first-order chi connectivity index (χ1) is 9.20. The van der Waals surface area contributed by atoms with Gasteiger partial charge in [0.2, 0.25) is 5.91 Å². The topological polar surface area (TPSA) is 61.9 Å². The number of ether oxygens (including phenoxy) is 1. The van der Waals surface area contributed by atoms with E-state index in [0.717, 1.165) is 18.1 Å². The maximum Gasteiger partial charge on any atom is 0.409 e. The fourth-order valence-electron chi connectivity index (χ4n) is 2.36. The van der Waals surface area contributed by atoms with Gasteiger partial charge in [-0.1, -0.05) is 0 Å². The van der Waals surface area contributed by atoms with Crippen molar-refractivity contribution >= 4 is 23.8 Å². The lowest BCUT2D eigenvalue weighted by molar-refractivity contribution is -0.133. The Morgan fingerprint density at radius 2 is 1.95 bits per heavy atom. The molecule has 2 saturated heterocycles. The van der Waals surface area contributed by atoms with Crippen molar-refractivity contribution < 1.29 is 14.3 Å². The van der Waals surface area contributed by atoms with E-state index in [4.69, 9.17) is 0 Å². The van der Waals surface area contributed by atoms with E-state index in [1.807, 2.05) is 16.7 Å². The zero-order valence-corrected chi connectivity index (χ0v) is 12.1. The van der Waals surface area contributed by atoms with E-state index in [9.17, 15) is 9.59 Å². The highest BCUT2D eigenvalue weighted by molar-refractivity contribution is 7.99. The highest BCUT2D eigenvalue weighted by atomic mass is 32.2. The number of thioether (sulfide) groups is 1. The first-order valence-corrected chi connectivity index (χ1v) is 7.78. The van der Waals surface area contributed by atoms with Crippen molar-refractivity contribution in [3.63, 3.8) is 0 Å². The van der Waals surface area contributed by atoms with E-state index in [1.54, 1.807) is 4.90 Å². The van der Waals surface area contributed by atoms with Crippen molar-refractivity contribution in [2.45, 2.75) is 12.5 Å². The maximum absolute atomic E-state index is 12.2. The molecule has 0 aromatic heterocycles. The Morgan fingerprint density at radius 3 is 2.53 bits per heavy atom. The molecule has 2 amide bonds. The van der Waals surface area contributed by atoms with Gasteiger partial charge in [-0.25, -0.2) is 4.79 Å². The normalized spacial score (nSPS) is 24.2. The van der Waals surface area contributed by atoms with Gasteiger partial charge >= 0.3 is 6.09 Å². The van der Waals surface area contributed by atoms with Crippen LogP contribution >= 0.6 is 11.8 Å². The van der Waals surface area contributed by atoms with Gasteiger partial charge < -0.3 is 19.9 Å². The van der Waals surface area contributed by atoms with Crippen molar-refractivity contribution in [3.05, 3.63) is 0 Å². The number of piperazine rings is 1. The molecule has 1 atom stereocenters. The van der Waals surface area contributed by atoms with Gasteiger partial charge in [0.1, 0.15) is 0 Å². The molecule has 0 radical (unpaired) electrons. The van der Waals surface area contributed by atoms with E-state index in [2.05, 4.69) is 10.1 Å². The summed E-state index contributed by atoms with van der Waals surface area (Å²) in [6.07, 6.45) is 0.253. The van der Waals surface area contributed by atoms with Gasteiger partial charge in [-0.3, -0.25) is 4.79 Å². The van der Waals surface area contributed by atoms with Crippen LogP contribution in [0.5, 0.6) is 0 Å². The largest absolute Gasteiger partial charge is 0.453 e. The molecule has 0 aromatic carbocycles. The average molecular weight is 287 g/mol. The Morgan fingerprint density at radius 1 is 1.26 bits per heavy atom. The molecule has 19 heavy (non-hydrogen) atoms. The minimum absolute atomic E-state index is 0.185. The van der Waals surface area contributed by atoms with Gasteiger partial charge in [0, 0.05) is 56.7 Å². The number of methoxy groups -OCH3 is 1. The fourth-order valence-corrected chi connectivity index (χ4v) is 3.31. The number of nitrogens with zero attached hydrogens (tertiary/aromatic N) is 2. The average Bonchev–Trinajstić information content (AvgIpc) is 2.47. The van der Waals surface area contributed by atoms with Crippen LogP contribution in [0.1, 0.15) is 6.42 Å². The molecule has 0 aromatic rings. The maximum atomic E-state index is 12.2. The Balaban J connectivity index is 1.74. The molecule has 1 unspecified atom stereocenters. The second-order valence-electron chi connectivity index (χ2n) is 4.77. The third kappa shape index (κ3) is 4.01. The zero-order chi connectivity index (χ0) is 13.7. The van der Waals surface area contributed by atoms with Gasteiger partial charge in [0.25, 0.3) is 0 Å². The minimum Gasteiger partial charge on any atom is -0.453 e. The van der Waals surface area contributed by atoms with Crippen molar-refractivity contribution in [1.82, 2.24) is 15.1 Å². The summed E-state index contributed by atoms with van der Waals surface area (Å²) in [7, 11) is 1.38. The lowest BCUT2D eigenvalue weighted by Crippen LogP contribution is -2.52.